The lowest BCUT2D eigenvalue weighted by molar-refractivity contribution is 0.434. The number of aromatic nitrogens is 2. The van der Waals surface area contributed by atoms with E-state index < -0.39 is 0 Å². The summed E-state index contributed by atoms with van der Waals surface area (Å²) in [6, 6.07) is 0. The minimum Gasteiger partial charge on any atom is -0.342 e. The highest BCUT2D eigenvalue weighted by atomic mass is 16.1. The summed E-state index contributed by atoms with van der Waals surface area (Å²) >= 11 is 0. The van der Waals surface area contributed by atoms with Crippen LogP contribution in [0.4, 0.5) is 5.95 Å². The second-order valence-corrected chi connectivity index (χ2v) is 4.98. The van der Waals surface area contributed by atoms with E-state index in [-0.39, 0.29) is 5.56 Å². The highest BCUT2D eigenvalue weighted by Crippen LogP contribution is 2.19. The van der Waals surface area contributed by atoms with Gasteiger partial charge >= 0.3 is 0 Å². The molecule has 0 aromatic carbocycles. The lowest BCUT2D eigenvalue weighted by atomic mass is 10.00. The number of nitrogens with zero attached hydrogens (tertiary/aromatic N) is 2. The minimum atomic E-state index is 0.00507. The molecule has 0 aliphatic carbocycles. The van der Waals surface area contributed by atoms with Gasteiger partial charge in [0.15, 0.2) is 0 Å². The van der Waals surface area contributed by atoms with E-state index in [1.54, 1.807) is 0 Å². The number of hydrogen-bond acceptors (Lipinski definition) is 3. The number of rotatable bonds is 2. The largest absolute Gasteiger partial charge is 0.342 e. The monoisotopic (exact) mass is 235 g/mol. The van der Waals surface area contributed by atoms with Crippen molar-refractivity contribution in [2.45, 2.75) is 40.0 Å². The Morgan fingerprint density at radius 3 is 2.65 bits per heavy atom. The van der Waals surface area contributed by atoms with E-state index >= 15 is 0 Å². The highest BCUT2D eigenvalue weighted by Gasteiger charge is 2.18. The SMILES string of the molecule is CCc1nc(N2CCC(C)CC2)[nH]c(=O)c1C. The maximum atomic E-state index is 11.8. The molecule has 1 N–H and O–H groups in total. The molecule has 2 rings (SSSR count). The second kappa shape index (κ2) is 4.90. The molecule has 4 nitrogen and oxygen atoms in total. The predicted molar refractivity (Wildman–Crippen MR) is 69.6 cm³/mol. The number of piperidine rings is 1. The van der Waals surface area contributed by atoms with Gasteiger partial charge in [-0.05, 0) is 32.1 Å². The number of aryl methyl sites for hydroxylation is 1. The van der Waals surface area contributed by atoms with Crippen LogP contribution in [0.1, 0.15) is 37.9 Å². The van der Waals surface area contributed by atoms with Crippen LogP contribution in [0.2, 0.25) is 0 Å². The predicted octanol–water partition coefficient (Wildman–Crippen LogP) is 1.88. The molecule has 0 atom stereocenters. The van der Waals surface area contributed by atoms with E-state index in [0.717, 1.165) is 42.6 Å². The molecule has 1 aromatic heterocycles. The highest BCUT2D eigenvalue weighted by molar-refractivity contribution is 5.33. The van der Waals surface area contributed by atoms with Crippen LogP contribution in [-0.2, 0) is 6.42 Å². The topological polar surface area (TPSA) is 49.0 Å². The maximum absolute atomic E-state index is 11.8. The van der Waals surface area contributed by atoms with E-state index in [2.05, 4.69) is 21.8 Å². The van der Waals surface area contributed by atoms with Gasteiger partial charge in [0.1, 0.15) is 0 Å². The van der Waals surface area contributed by atoms with Gasteiger partial charge in [0, 0.05) is 18.7 Å². The fourth-order valence-corrected chi connectivity index (χ4v) is 2.28. The number of anilines is 1. The van der Waals surface area contributed by atoms with Crippen LogP contribution in [0.3, 0.4) is 0 Å². The molecule has 1 aromatic rings. The van der Waals surface area contributed by atoms with Gasteiger partial charge < -0.3 is 4.90 Å². The third-order valence-corrected chi connectivity index (χ3v) is 3.66. The van der Waals surface area contributed by atoms with Crippen LogP contribution in [0.5, 0.6) is 0 Å². The fourth-order valence-electron chi connectivity index (χ4n) is 2.28. The van der Waals surface area contributed by atoms with Gasteiger partial charge in [-0.15, -0.1) is 0 Å². The normalized spacial score (nSPS) is 17.5. The molecule has 0 radical (unpaired) electrons. The standard InChI is InChI=1S/C13H21N3O/c1-4-11-10(3)12(17)15-13(14-11)16-7-5-9(2)6-8-16/h9H,4-8H2,1-3H3,(H,14,15,17). The molecule has 0 spiro atoms. The number of aromatic amines is 1. The van der Waals surface area contributed by atoms with Gasteiger partial charge in [-0.1, -0.05) is 13.8 Å². The van der Waals surface area contributed by atoms with Crippen LogP contribution in [0.15, 0.2) is 4.79 Å². The van der Waals surface area contributed by atoms with Gasteiger partial charge in [0.25, 0.3) is 5.56 Å². The number of H-pyrrole nitrogens is 1. The molecule has 1 aliphatic heterocycles. The lowest BCUT2D eigenvalue weighted by Crippen LogP contribution is -2.35. The first-order valence-corrected chi connectivity index (χ1v) is 6.46. The fraction of sp³-hybridized carbons (Fsp3) is 0.692. The Morgan fingerprint density at radius 2 is 2.06 bits per heavy atom. The first kappa shape index (κ1) is 12.1. The molecule has 17 heavy (non-hydrogen) atoms. The molecule has 1 aliphatic rings. The molecule has 4 heteroatoms. The van der Waals surface area contributed by atoms with Gasteiger partial charge in [-0.2, -0.15) is 0 Å². The number of nitrogens with one attached hydrogen (secondary N) is 1. The smallest absolute Gasteiger partial charge is 0.255 e. The second-order valence-electron chi connectivity index (χ2n) is 4.98. The van der Waals surface area contributed by atoms with Gasteiger partial charge in [-0.25, -0.2) is 4.98 Å². The van der Waals surface area contributed by atoms with Crippen molar-refractivity contribution in [2.24, 2.45) is 5.92 Å². The zero-order chi connectivity index (χ0) is 12.4. The molecule has 2 heterocycles. The van der Waals surface area contributed by atoms with Crippen molar-refractivity contribution in [1.82, 2.24) is 9.97 Å². The minimum absolute atomic E-state index is 0.00507. The zero-order valence-electron chi connectivity index (χ0n) is 10.9. The van der Waals surface area contributed by atoms with Crippen molar-refractivity contribution < 1.29 is 0 Å². The first-order valence-electron chi connectivity index (χ1n) is 6.46. The molecule has 0 amide bonds. The average Bonchev–Trinajstić information content (AvgIpc) is 2.33. The van der Waals surface area contributed by atoms with Gasteiger partial charge in [0.05, 0.1) is 5.69 Å². The quantitative estimate of drug-likeness (QED) is 0.851. The molecule has 0 unspecified atom stereocenters. The Hall–Kier alpha value is -1.32. The summed E-state index contributed by atoms with van der Waals surface area (Å²) in [7, 11) is 0. The van der Waals surface area contributed by atoms with Crippen LogP contribution in [0.25, 0.3) is 0 Å². The Kier molecular flexibility index (Phi) is 3.50. The molecule has 94 valence electrons. The molecule has 0 bridgehead atoms. The van der Waals surface area contributed by atoms with Crippen molar-refractivity contribution in [3.8, 4) is 0 Å². The van der Waals surface area contributed by atoms with E-state index in [1.165, 1.54) is 12.8 Å². The summed E-state index contributed by atoms with van der Waals surface area (Å²) < 4.78 is 0. The van der Waals surface area contributed by atoms with E-state index in [1.807, 2.05) is 13.8 Å². The lowest BCUT2D eigenvalue weighted by Gasteiger charge is -2.30. The summed E-state index contributed by atoms with van der Waals surface area (Å²) in [5, 5.41) is 0. The zero-order valence-corrected chi connectivity index (χ0v) is 10.9. The Balaban J connectivity index is 2.27. The number of hydrogen-bond donors (Lipinski definition) is 1. The van der Waals surface area contributed by atoms with Crippen LogP contribution in [-0.4, -0.2) is 23.1 Å². The Bertz CT molecular complexity index is 444. The average molecular weight is 235 g/mol. The third-order valence-electron chi connectivity index (χ3n) is 3.66. The van der Waals surface area contributed by atoms with Gasteiger partial charge in [-0.3, -0.25) is 9.78 Å². The van der Waals surface area contributed by atoms with Crippen molar-refractivity contribution in [2.75, 3.05) is 18.0 Å². The van der Waals surface area contributed by atoms with Crippen molar-refractivity contribution in [3.05, 3.63) is 21.6 Å². The summed E-state index contributed by atoms with van der Waals surface area (Å²) in [6.45, 7) is 8.15. The molecular formula is C13H21N3O. The van der Waals surface area contributed by atoms with E-state index in [9.17, 15) is 4.79 Å². The summed E-state index contributed by atoms with van der Waals surface area (Å²) in [6.07, 6.45) is 3.17. The maximum Gasteiger partial charge on any atom is 0.255 e. The first-order chi connectivity index (χ1) is 8.11. The van der Waals surface area contributed by atoms with Crippen molar-refractivity contribution >= 4 is 5.95 Å². The molecule has 1 saturated heterocycles. The summed E-state index contributed by atoms with van der Waals surface area (Å²) in [5.74, 6) is 1.54. The molecule has 1 fully saturated rings. The van der Waals surface area contributed by atoms with Crippen LogP contribution >= 0.6 is 0 Å². The summed E-state index contributed by atoms with van der Waals surface area (Å²) in [4.78, 5) is 21.5. The molecular weight excluding hydrogens is 214 g/mol. The third kappa shape index (κ3) is 2.51. The van der Waals surface area contributed by atoms with E-state index in [0.29, 0.717) is 0 Å². The Morgan fingerprint density at radius 1 is 1.41 bits per heavy atom. The Labute approximate surface area is 102 Å². The molecule has 0 saturated carbocycles. The van der Waals surface area contributed by atoms with Gasteiger partial charge in [0.2, 0.25) is 5.95 Å². The van der Waals surface area contributed by atoms with Crippen LogP contribution in [0, 0.1) is 12.8 Å². The summed E-state index contributed by atoms with van der Waals surface area (Å²) in [5.41, 5.74) is 1.68. The van der Waals surface area contributed by atoms with Crippen LogP contribution < -0.4 is 10.5 Å². The van der Waals surface area contributed by atoms with Crippen molar-refractivity contribution in [3.63, 3.8) is 0 Å². The van der Waals surface area contributed by atoms with Crippen molar-refractivity contribution in [1.29, 1.82) is 0 Å². The van der Waals surface area contributed by atoms with E-state index in [4.69, 9.17) is 0 Å².